The minimum atomic E-state index is 0.833. The number of hydrogen-bond acceptors (Lipinski definition) is 3. The average Bonchev–Trinajstić information content (AvgIpc) is 2.33. The zero-order valence-corrected chi connectivity index (χ0v) is 6.67. The maximum absolute atomic E-state index is 3.83. The van der Waals surface area contributed by atoms with Crippen LogP contribution in [0.4, 0.5) is 0 Å². The van der Waals surface area contributed by atoms with Gasteiger partial charge in [0.05, 0.1) is 5.71 Å². The van der Waals surface area contributed by atoms with Gasteiger partial charge in [-0.2, -0.15) is 0 Å². The van der Waals surface area contributed by atoms with Gasteiger partial charge in [-0.3, -0.25) is 0 Å². The summed E-state index contributed by atoms with van der Waals surface area (Å²) < 4.78 is 1.06. The predicted octanol–water partition coefficient (Wildman–Crippen LogP) is 2.37. The molecule has 1 heterocycles. The quantitative estimate of drug-likeness (QED) is 0.573. The summed E-state index contributed by atoms with van der Waals surface area (Å²) in [6.07, 6.45) is 4.79. The number of halogens is 1. The highest BCUT2D eigenvalue weighted by molar-refractivity contribution is 9.11. The van der Waals surface area contributed by atoms with E-state index in [0.717, 1.165) is 22.3 Å². The highest BCUT2D eigenvalue weighted by Gasteiger charge is 2.14. The molecule has 0 aromatic carbocycles. The number of hydrogen-bond donors (Lipinski definition) is 0. The molecule has 10 heavy (non-hydrogen) atoms. The van der Waals surface area contributed by atoms with E-state index in [1.54, 1.807) is 0 Å². The molecule has 50 valence electrons. The minimum absolute atomic E-state index is 0.833. The highest BCUT2D eigenvalue weighted by Crippen LogP contribution is 2.23. The SMILES string of the molecule is BrC1=CCC2=NN=NC2=C1. The summed E-state index contributed by atoms with van der Waals surface area (Å²) in [6.45, 7) is 0. The Balaban J connectivity index is 2.43. The van der Waals surface area contributed by atoms with Crippen molar-refractivity contribution in [3.8, 4) is 0 Å². The largest absolute Gasteiger partial charge is 0.133 e. The Hall–Kier alpha value is -0.770. The number of rotatable bonds is 0. The van der Waals surface area contributed by atoms with Crippen LogP contribution in [0.3, 0.4) is 0 Å². The molecule has 2 aliphatic rings. The lowest BCUT2D eigenvalue weighted by atomic mass is 10.1. The Morgan fingerprint density at radius 3 is 3.30 bits per heavy atom. The van der Waals surface area contributed by atoms with E-state index in [1.807, 2.05) is 12.2 Å². The second-order valence-corrected chi connectivity index (χ2v) is 2.97. The van der Waals surface area contributed by atoms with E-state index in [0.29, 0.717) is 0 Å². The number of nitrogens with zero attached hydrogens (tertiary/aromatic N) is 3. The molecule has 0 atom stereocenters. The van der Waals surface area contributed by atoms with Crippen LogP contribution in [0.1, 0.15) is 6.42 Å². The van der Waals surface area contributed by atoms with Crippen LogP contribution < -0.4 is 0 Å². The molecule has 0 N–H and O–H groups in total. The van der Waals surface area contributed by atoms with Gasteiger partial charge in [-0.1, -0.05) is 22.0 Å². The summed E-state index contributed by atoms with van der Waals surface area (Å²) in [5.74, 6) is 0. The van der Waals surface area contributed by atoms with Crippen LogP contribution in [0.15, 0.2) is 37.8 Å². The molecule has 1 aliphatic carbocycles. The third-order valence-electron chi connectivity index (χ3n) is 1.38. The molecular formula is C6H4BrN3. The van der Waals surface area contributed by atoms with Gasteiger partial charge >= 0.3 is 0 Å². The molecule has 1 aliphatic heterocycles. The van der Waals surface area contributed by atoms with Gasteiger partial charge in [-0.05, 0) is 11.3 Å². The van der Waals surface area contributed by atoms with Crippen molar-refractivity contribution in [2.24, 2.45) is 15.4 Å². The first-order chi connectivity index (χ1) is 4.86. The van der Waals surface area contributed by atoms with Gasteiger partial charge in [0.2, 0.25) is 0 Å². The first kappa shape index (κ1) is 5.97. The smallest absolute Gasteiger partial charge is 0.112 e. The van der Waals surface area contributed by atoms with Crippen LogP contribution in [0, 0.1) is 0 Å². The Kier molecular flexibility index (Phi) is 1.27. The first-order valence-corrected chi connectivity index (χ1v) is 3.71. The second-order valence-electron chi connectivity index (χ2n) is 2.06. The Bertz CT molecular complexity index is 285. The Morgan fingerprint density at radius 1 is 1.50 bits per heavy atom. The summed E-state index contributed by atoms with van der Waals surface area (Å²) in [6, 6.07) is 0. The fourth-order valence-corrected chi connectivity index (χ4v) is 1.25. The van der Waals surface area contributed by atoms with Crippen LogP contribution >= 0.6 is 15.9 Å². The molecule has 0 bridgehead atoms. The van der Waals surface area contributed by atoms with Crippen molar-refractivity contribution in [2.45, 2.75) is 6.42 Å². The molecule has 0 spiro atoms. The topological polar surface area (TPSA) is 37.1 Å². The van der Waals surface area contributed by atoms with Gasteiger partial charge in [0.15, 0.2) is 0 Å². The first-order valence-electron chi connectivity index (χ1n) is 2.91. The van der Waals surface area contributed by atoms with Gasteiger partial charge in [-0.15, -0.1) is 10.2 Å². The number of allylic oxidation sites excluding steroid dienone is 4. The summed E-state index contributed by atoms with van der Waals surface area (Å²) in [5.41, 5.74) is 1.84. The third kappa shape index (κ3) is 0.844. The summed E-state index contributed by atoms with van der Waals surface area (Å²) >= 11 is 3.35. The fourth-order valence-electron chi connectivity index (χ4n) is 0.875. The summed E-state index contributed by atoms with van der Waals surface area (Å²) in [7, 11) is 0. The summed E-state index contributed by atoms with van der Waals surface area (Å²) in [4.78, 5) is 0. The third-order valence-corrected chi connectivity index (χ3v) is 1.93. The van der Waals surface area contributed by atoms with Crippen LogP contribution in [-0.2, 0) is 0 Å². The molecule has 2 rings (SSSR count). The lowest BCUT2D eigenvalue weighted by Gasteiger charge is -2.01. The van der Waals surface area contributed by atoms with Crippen molar-refractivity contribution >= 4 is 21.6 Å². The Morgan fingerprint density at radius 2 is 2.40 bits per heavy atom. The van der Waals surface area contributed by atoms with E-state index >= 15 is 0 Å². The van der Waals surface area contributed by atoms with E-state index in [4.69, 9.17) is 0 Å². The standard InChI is InChI=1S/C6H4BrN3/c7-4-1-2-5-6(3-4)9-10-8-5/h1,3H,2H2. The van der Waals surface area contributed by atoms with Gasteiger partial charge in [-0.25, -0.2) is 0 Å². The molecule has 0 amide bonds. The number of fused-ring (bicyclic) bond motifs is 1. The zero-order valence-electron chi connectivity index (χ0n) is 5.08. The molecule has 0 unspecified atom stereocenters. The predicted molar refractivity (Wildman–Crippen MR) is 42.0 cm³/mol. The normalized spacial score (nSPS) is 21.5. The highest BCUT2D eigenvalue weighted by atomic mass is 79.9. The van der Waals surface area contributed by atoms with E-state index in [-0.39, 0.29) is 0 Å². The van der Waals surface area contributed by atoms with E-state index in [9.17, 15) is 0 Å². The van der Waals surface area contributed by atoms with Crippen molar-refractivity contribution in [3.05, 3.63) is 22.3 Å². The van der Waals surface area contributed by atoms with Gasteiger partial charge in [0, 0.05) is 10.9 Å². The Labute approximate surface area is 66.4 Å². The van der Waals surface area contributed by atoms with Crippen LogP contribution in [0.25, 0.3) is 0 Å². The minimum Gasteiger partial charge on any atom is -0.133 e. The van der Waals surface area contributed by atoms with Crippen LogP contribution in [0.2, 0.25) is 0 Å². The van der Waals surface area contributed by atoms with E-state index < -0.39 is 0 Å². The molecule has 0 saturated heterocycles. The van der Waals surface area contributed by atoms with Crippen molar-refractivity contribution in [3.63, 3.8) is 0 Å². The molecule has 0 aromatic heterocycles. The van der Waals surface area contributed by atoms with Crippen molar-refractivity contribution in [1.29, 1.82) is 0 Å². The molecule has 0 radical (unpaired) electrons. The maximum Gasteiger partial charge on any atom is 0.112 e. The van der Waals surface area contributed by atoms with Crippen molar-refractivity contribution in [2.75, 3.05) is 0 Å². The summed E-state index contributed by atoms with van der Waals surface area (Å²) in [5, 5.41) is 11.2. The second kappa shape index (κ2) is 2.12. The molecule has 0 fully saturated rings. The van der Waals surface area contributed by atoms with E-state index in [2.05, 4.69) is 31.4 Å². The lowest BCUT2D eigenvalue weighted by molar-refractivity contribution is 1.09. The van der Waals surface area contributed by atoms with Crippen molar-refractivity contribution in [1.82, 2.24) is 0 Å². The average molecular weight is 198 g/mol. The van der Waals surface area contributed by atoms with Gasteiger partial charge in [0.25, 0.3) is 0 Å². The monoisotopic (exact) mass is 197 g/mol. The molecule has 0 saturated carbocycles. The lowest BCUT2D eigenvalue weighted by Crippen LogP contribution is -1.99. The molecule has 3 nitrogen and oxygen atoms in total. The van der Waals surface area contributed by atoms with Crippen LogP contribution in [-0.4, -0.2) is 5.71 Å². The zero-order chi connectivity index (χ0) is 6.97. The van der Waals surface area contributed by atoms with Crippen molar-refractivity contribution < 1.29 is 0 Å². The van der Waals surface area contributed by atoms with Gasteiger partial charge in [0.1, 0.15) is 5.70 Å². The maximum atomic E-state index is 3.83. The van der Waals surface area contributed by atoms with Gasteiger partial charge < -0.3 is 0 Å². The molecule has 4 heteroatoms. The van der Waals surface area contributed by atoms with Crippen LogP contribution in [0.5, 0.6) is 0 Å². The molecule has 0 aromatic rings. The van der Waals surface area contributed by atoms with E-state index in [1.165, 1.54) is 0 Å². The molecular weight excluding hydrogens is 194 g/mol. The fraction of sp³-hybridized carbons (Fsp3) is 0.167.